The Kier molecular flexibility index (Phi) is 5.80. The number of rotatable bonds is 7. The van der Waals surface area contributed by atoms with E-state index in [0.717, 1.165) is 6.54 Å². The van der Waals surface area contributed by atoms with E-state index < -0.39 is 11.9 Å². The van der Waals surface area contributed by atoms with Gasteiger partial charge in [-0.25, -0.2) is 9.07 Å². The molecule has 0 amide bonds. The van der Waals surface area contributed by atoms with Gasteiger partial charge >= 0.3 is 0 Å². The lowest BCUT2D eigenvalue weighted by molar-refractivity contribution is 0.179. The number of hydrogen-bond acceptors (Lipinski definition) is 5. The van der Waals surface area contributed by atoms with Gasteiger partial charge in [0.15, 0.2) is 17.7 Å². The molecule has 3 aromatic rings. The number of para-hydroxylation sites is 1. The van der Waals surface area contributed by atoms with Crippen molar-refractivity contribution < 1.29 is 13.5 Å². The van der Waals surface area contributed by atoms with Crippen LogP contribution < -0.4 is 4.74 Å². The van der Waals surface area contributed by atoms with E-state index in [1.165, 1.54) is 11.6 Å². The van der Waals surface area contributed by atoms with Crippen LogP contribution in [0.1, 0.15) is 24.5 Å². The fourth-order valence-corrected chi connectivity index (χ4v) is 2.71. The topological polar surface area (TPSA) is 43.4 Å². The molecule has 0 aliphatic heterocycles. The van der Waals surface area contributed by atoms with Crippen LogP contribution in [-0.2, 0) is 13.2 Å². The summed E-state index contributed by atoms with van der Waals surface area (Å²) in [5, 5.41) is 4.37. The van der Waals surface area contributed by atoms with E-state index >= 15 is 0 Å². The van der Waals surface area contributed by atoms with Gasteiger partial charge in [0.2, 0.25) is 0 Å². The molecule has 136 valence electrons. The van der Waals surface area contributed by atoms with Crippen molar-refractivity contribution in [2.75, 3.05) is 7.05 Å². The summed E-state index contributed by atoms with van der Waals surface area (Å²) in [6.07, 6.45) is -0.561. The van der Waals surface area contributed by atoms with Crippen molar-refractivity contribution in [2.24, 2.45) is 0 Å². The molecule has 1 atom stereocenters. The molecule has 0 fully saturated rings. The molecule has 5 nitrogen and oxygen atoms in total. The highest BCUT2D eigenvalue weighted by molar-refractivity contribution is 7.71. The molecule has 7 heteroatoms. The molecule has 0 aliphatic rings. The highest BCUT2D eigenvalue weighted by atomic mass is 32.1. The maximum absolute atomic E-state index is 13.7. The first-order chi connectivity index (χ1) is 12.5. The van der Waals surface area contributed by atoms with Crippen LogP contribution in [0, 0.1) is 10.7 Å². The van der Waals surface area contributed by atoms with Gasteiger partial charge in [0.25, 0.3) is 10.7 Å². The van der Waals surface area contributed by atoms with E-state index in [1.807, 2.05) is 25.2 Å². The molecule has 0 unspecified atom stereocenters. The van der Waals surface area contributed by atoms with E-state index in [1.54, 1.807) is 29.8 Å². The number of halogens is 1. The number of hydrogen-bond donors (Lipinski definition) is 0. The molecule has 0 bridgehead atoms. The third kappa shape index (κ3) is 4.56. The molecule has 0 saturated heterocycles. The summed E-state index contributed by atoms with van der Waals surface area (Å²) in [6, 6.07) is 16.3. The molecule has 0 radical (unpaired) electrons. The monoisotopic (exact) mass is 373 g/mol. The van der Waals surface area contributed by atoms with Gasteiger partial charge in [-0.2, -0.15) is 0 Å². The summed E-state index contributed by atoms with van der Waals surface area (Å²) < 4.78 is 26.4. The van der Waals surface area contributed by atoms with Gasteiger partial charge in [-0.3, -0.25) is 4.90 Å². The highest BCUT2D eigenvalue weighted by Gasteiger charge is 2.17. The van der Waals surface area contributed by atoms with E-state index in [-0.39, 0.29) is 10.6 Å². The predicted molar refractivity (Wildman–Crippen MR) is 98.7 cm³/mol. The molecule has 2 aromatic carbocycles. The quantitative estimate of drug-likeness (QED) is 0.568. The first-order valence-corrected chi connectivity index (χ1v) is 8.65. The van der Waals surface area contributed by atoms with Gasteiger partial charge < -0.3 is 9.15 Å². The average molecular weight is 373 g/mol. The number of aromatic nitrogens is 2. The highest BCUT2D eigenvalue weighted by Crippen LogP contribution is 2.23. The van der Waals surface area contributed by atoms with Crippen molar-refractivity contribution in [1.82, 2.24) is 14.7 Å². The Labute approximate surface area is 156 Å². The van der Waals surface area contributed by atoms with E-state index in [9.17, 15) is 4.39 Å². The molecular weight excluding hydrogens is 353 g/mol. The smallest absolute Gasteiger partial charge is 0.288 e. The second kappa shape index (κ2) is 8.25. The van der Waals surface area contributed by atoms with Crippen LogP contribution in [0.3, 0.4) is 0 Å². The molecule has 3 rings (SSSR count). The van der Waals surface area contributed by atoms with Gasteiger partial charge in [-0.05, 0) is 43.9 Å². The van der Waals surface area contributed by atoms with Crippen molar-refractivity contribution in [3.05, 3.63) is 76.7 Å². The van der Waals surface area contributed by atoms with Crippen LogP contribution in [0.2, 0.25) is 0 Å². The summed E-state index contributed by atoms with van der Waals surface area (Å²) >= 11 is 5.24. The zero-order chi connectivity index (χ0) is 18.5. The maximum Gasteiger partial charge on any atom is 0.288 e. The van der Waals surface area contributed by atoms with E-state index in [4.69, 9.17) is 21.4 Å². The average Bonchev–Trinajstić information content (AvgIpc) is 2.98. The summed E-state index contributed by atoms with van der Waals surface area (Å²) in [5.74, 6) is 0.0307. The molecule has 1 heterocycles. The second-order valence-corrected chi connectivity index (χ2v) is 6.39. The normalized spacial score (nSPS) is 12.3. The van der Waals surface area contributed by atoms with Crippen molar-refractivity contribution in [1.29, 1.82) is 0 Å². The third-order valence-electron chi connectivity index (χ3n) is 3.78. The van der Waals surface area contributed by atoms with Crippen LogP contribution >= 0.6 is 12.2 Å². The Balaban J connectivity index is 1.66. The SMILES string of the molecule is C[C@@H](Oc1ccccc1F)c1nn(CN(C)Cc2ccccc2)c(=S)o1. The van der Waals surface area contributed by atoms with Crippen molar-refractivity contribution in [3.8, 4) is 5.75 Å². The van der Waals surface area contributed by atoms with Crippen molar-refractivity contribution >= 4 is 12.2 Å². The molecule has 1 aromatic heterocycles. The Morgan fingerprint density at radius 3 is 2.62 bits per heavy atom. The van der Waals surface area contributed by atoms with Gasteiger partial charge in [0.1, 0.15) is 0 Å². The summed E-state index contributed by atoms with van der Waals surface area (Å²) in [5.41, 5.74) is 1.20. The Hall–Kier alpha value is -2.51. The Morgan fingerprint density at radius 2 is 1.88 bits per heavy atom. The second-order valence-electron chi connectivity index (χ2n) is 6.04. The summed E-state index contributed by atoms with van der Waals surface area (Å²) in [6.45, 7) is 2.97. The molecule has 0 spiro atoms. The van der Waals surface area contributed by atoms with Crippen LogP contribution in [0.25, 0.3) is 0 Å². The zero-order valence-corrected chi connectivity index (χ0v) is 15.4. The number of nitrogens with zero attached hydrogens (tertiary/aromatic N) is 3. The van der Waals surface area contributed by atoms with Crippen molar-refractivity contribution in [2.45, 2.75) is 26.2 Å². The largest absolute Gasteiger partial charge is 0.478 e. The summed E-state index contributed by atoms with van der Waals surface area (Å²) in [7, 11) is 1.97. The molecule has 26 heavy (non-hydrogen) atoms. The van der Waals surface area contributed by atoms with Gasteiger partial charge in [-0.15, -0.1) is 5.10 Å². The fraction of sp³-hybridized carbons (Fsp3) is 0.263. The number of ether oxygens (including phenoxy) is 1. The van der Waals surface area contributed by atoms with E-state index in [0.29, 0.717) is 12.6 Å². The fourth-order valence-electron chi connectivity index (χ4n) is 2.53. The number of benzene rings is 2. The molecule has 0 aliphatic carbocycles. The minimum Gasteiger partial charge on any atom is -0.478 e. The Morgan fingerprint density at radius 1 is 1.19 bits per heavy atom. The molecule has 0 N–H and O–H groups in total. The first kappa shape index (κ1) is 18.3. The minimum absolute atomic E-state index is 0.150. The van der Waals surface area contributed by atoms with Crippen LogP contribution in [0.4, 0.5) is 4.39 Å². The maximum atomic E-state index is 13.7. The van der Waals surface area contributed by atoms with Gasteiger partial charge in [-0.1, -0.05) is 42.5 Å². The Bertz CT molecular complexity index is 910. The lowest BCUT2D eigenvalue weighted by Gasteiger charge is -2.16. The minimum atomic E-state index is -0.561. The lowest BCUT2D eigenvalue weighted by atomic mass is 10.2. The lowest BCUT2D eigenvalue weighted by Crippen LogP contribution is -2.22. The van der Waals surface area contributed by atoms with Crippen molar-refractivity contribution in [3.63, 3.8) is 0 Å². The third-order valence-corrected chi connectivity index (χ3v) is 4.07. The van der Waals surface area contributed by atoms with Crippen LogP contribution in [-0.4, -0.2) is 21.7 Å². The summed E-state index contributed by atoms with van der Waals surface area (Å²) in [4.78, 5) is 2.32. The van der Waals surface area contributed by atoms with Crippen LogP contribution in [0.5, 0.6) is 5.75 Å². The van der Waals surface area contributed by atoms with Crippen LogP contribution in [0.15, 0.2) is 59.0 Å². The van der Waals surface area contributed by atoms with Gasteiger partial charge in [0, 0.05) is 6.54 Å². The van der Waals surface area contributed by atoms with E-state index in [2.05, 4.69) is 22.1 Å². The van der Waals surface area contributed by atoms with Gasteiger partial charge in [0.05, 0.1) is 6.67 Å². The molecular formula is C19H20FN3O2S. The first-order valence-electron chi connectivity index (χ1n) is 8.24. The predicted octanol–water partition coefficient (Wildman–Crippen LogP) is 4.57. The zero-order valence-electron chi connectivity index (χ0n) is 14.6. The molecule has 0 saturated carbocycles. The standard InChI is InChI=1S/C19H20FN3O2S/c1-14(24-17-11-7-6-10-16(17)20)18-21-23(19(26)25-18)13-22(2)12-15-8-4-3-5-9-15/h3-11,14H,12-13H2,1-2H3/t14-/m1/s1.